The van der Waals surface area contributed by atoms with E-state index in [4.69, 9.17) is 5.73 Å². The molecule has 0 spiro atoms. The standard InChI is InChI=1S/C12H19N3O/c13-12-9(3-2-6-15-12)7-11(16)10-4-1-5-14-8-10/h2-3,6,10-11,14,16H,1,4-5,7-8H2,(H2,13,15). The van der Waals surface area contributed by atoms with E-state index in [0.717, 1.165) is 31.5 Å². The van der Waals surface area contributed by atoms with Crippen molar-refractivity contribution in [2.75, 3.05) is 18.8 Å². The first-order chi connectivity index (χ1) is 7.77. The predicted molar refractivity (Wildman–Crippen MR) is 64.0 cm³/mol. The lowest BCUT2D eigenvalue weighted by Gasteiger charge is -2.27. The van der Waals surface area contributed by atoms with E-state index in [1.807, 2.05) is 12.1 Å². The lowest BCUT2D eigenvalue weighted by atomic mass is 9.90. The molecule has 2 unspecified atom stereocenters. The molecule has 0 aliphatic carbocycles. The highest BCUT2D eigenvalue weighted by molar-refractivity contribution is 5.38. The van der Waals surface area contributed by atoms with E-state index in [0.29, 0.717) is 18.2 Å². The Morgan fingerprint density at radius 2 is 2.50 bits per heavy atom. The number of hydrogen-bond acceptors (Lipinski definition) is 4. The number of rotatable bonds is 3. The van der Waals surface area contributed by atoms with Crippen LogP contribution >= 0.6 is 0 Å². The van der Waals surface area contributed by atoms with Crippen LogP contribution in [-0.2, 0) is 6.42 Å². The second kappa shape index (κ2) is 5.27. The van der Waals surface area contributed by atoms with Crippen molar-refractivity contribution in [1.29, 1.82) is 0 Å². The molecule has 88 valence electrons. The summed E-state index contributed by atoms with van der Waals surface area (Å²) in [5.74, 6) is 0.874. The van der Waals surface area contributed by atoms with Crippen LogP contribution < -0.4 is 11.1 Å². The van der Waals surface area contributed by atoms with Gasteiger partial charge in [-0.1, -0.05) is 6.07 Å². The summed E-state index contributed by atoms with van der Waals surface area (Å²) in [6, 6.07) is 3.79. The summed E-state index contributed by atoms with van der Waals surface area (Å²) in [7, 11) is 0. The fraction of sp³-hybridized carbons (Fsp3) is 0.583. The van der Waals surface area contributed by atoms with Gasteiger partial charge in [-0.05, 0) is 36.9 Å². The van der Waals surface area contributed by atoms with Gasteiger partial charge in [0.15, 0.2) is 0 Å². The molecule has 0 aromatic carbocycles. The lowest BCUT2D eigenvalue weighted by Crippen LogP contribution is -2.37. The van der Waals surface area contributed by atoms with Gasteiger partial charge in [0, 0.05) is 19.2 Å². The lowest BCUT2D eigenvalue weighted by molar-refractivity contribution is 0.0923. The van der Waals surface area contributed by atoms with E-state index in [1.54, 1.807) is 6.20 Å². The highest BCUT2D eigenvalue weighted by Crippen LogP contribution is 2.19. The third-order valence-electron chi connectivity index (χ3n) is 3.23. The predicted octanol–water partition coefficient (Wildman–Crippen LogP) is 0.567. The highest BCUT2D eigenvalue weighted by atomic mass is 16.3. The summed E-state index contributed by atoms with van der Waals surface area (Å²) < 4.78 is 0. The molecule has 4 heteroatoms. The van der Waals surface area contributed by atoms with Gasteiger partial charge in [-0.15, -0.1) is 0 Å². The van der Waals surface area contributed by atoms with E-state index in [9.17, 15) is 5.11 Å². The third kappa shape index (κ3) is 2.71. The van der Waals surface area contributed by atoms with Crippen LogP contribution in [0.25, 0.3) is 0 Å². The van der Waals surface area contributed by atoms with E-state index in [1.165, 1.54) is 0 Å². The van der Waals surface area contributed by atoms with E-state index >= 15 is 0 Å². The average Bonchev–Trinajstić information content (AvgIpc) is 2.33. The summed E-state index contributed by atoms with van der Waals surface area (Å²) >= 11 is 0. The Morgan fingerprint density at radius 3 is 3.19 bits per heavy atom. The molecule has 1 aliphatic rings. The smallest absolute Gasteiger partial charge is 0.126 e. The first-order valence-electron chi connectivity index (χ1n) is 5.85. The quantitative estimate of drug-likeness (QED) is 0.697. The van der Waals surface area contributed by atoms with Gasteiger partial charge in [-0.3, -0.25) is 0 Å². The van der Waals surface area contributed by atoms with Crippen LogP contribution in [0.3, 0.4) is 0 Å². The summed E-state index contributed by atoms with van der Waals surface area (Å²) in [6.07, 6.45) is 4.19. The Hall–Kier alpha value is -1.13. The summed E-state index contributed by atoms with van der Waals surface area (Å²) in [5.41, 5.74) is 6.71. The van der Waals surface area contributed by atoms with Crippen molar-refractivity contribution in [2.24, 2.45) is 5.92 Å². The second-order valence-corrected chi connectivity index (χ2v) is 4.43. The van der Waals surface area contributed by atoms with Gasteiger partial charge in [0.05, 0.1) is 6.10 Å². The normalized spacial score (nSPS) is 22.9. The fourth-order valence-electron chi connectivity index (χ4n) is 2.22. The molecule has 0 amide bonds. The minimum absolute atomic E-state index is 0.320. The number of aliphatic hydroxyl groups excluding tert-OH is 1. The number of piperidine rings is 1. The number of aromatic nitrogens is 1. The summed E-state index contributed by atoms with van der Waals surface area (Å²) in [6.45, 7) is 1.97. The van der Waals surface area contributed by atoms with E-state index in [2.05, 4.69) is 10.3 Å². The molecule has 1 aromatic rings. The van der Waals surface area contributed by atoms with Crippen molar-refractivity contribution in [2.45, 2.75) is 25.4 Å². The molecule has 0 bridgehead atoms. The molecule has 0 saturated carbocycles. The van der Waals surface area contributed by atoms with Crippen LogP contribution in [0, 0.1) is 5.92 Å². The minimum Gasteiger partial charge on any atom is -0.392 e. The topological polar surface area (TPSA) is 71.2 Å². The molecule has 1 aromatic heterocycles. The monoisotopic (exact) mass is 221 g/mol. The maximum absolute atomic E-state index is 10.1. The molecule has 2 heterocycles. The number of anilines is 1. The van der Waals surface area contributed by atoms with Crippen LogP contribution in [0.4, 0.5) is 5.82 Å². The van der Waals surface area contributed by atoms with Crippen molar-refractivity contribution in [3.63, 3.8) is 0 Å². The van der Waals surface area contributed by atoms with Crippen molar-refractivity contribution in [3.05, 3.63) is 23.9 Å². The first kappa shape index (κ1) is 11.4. The molecule has 1 fully saturated rings. The molecule has 16 heavy (non-hydrogen) atoms. The zero-order valence-electron chi connectivity index (χ0n) is 9.39. The SMILES string of the molecule is Nc1ncccc1CC(O)C1CCCNC1. The molecule has 0 radical (unpaired) electrons. The molecule has 4 nitrogen and oxygen atoms in total. The Kier molecular flexibility index (Phi) is 3.74. The molecule has 2 rings (SSSR count). The molecule has 2 atom stereocenters. The van der Waals surface area contributed by atoms with Gasteiger partial charge in [0.1, 0.15) is 5.82 Å². The molecule has 4 N–H and O–H groups in total. The maximum atomic E-state index is 10.1. The number of aliphatic hydroxyl groups is 1. The Balaban J connectivity index is 1.96. The van der Waals surface area contributed by atoms with Crippen molar-refractivity contribution >= 4 is 5.82 Å². The van der Waals surface area contributed by atoms with Gasteiger partial charge >= 0.3 is 0 Å². The van der Waals surface area contributed by atoms with Crippen LogP contribution in [0.1, 0.15) is 18.4 Å². The summed E-state index contributed by atoms with van der Waals surface area (Å²) in [5, 5.41) is 13.4. The van der Waals surface area contributed by atoms with Gasteiger partial charge in [-0.2, -0.15) is 0 Å². The first-order valence-corrected chi connectivity index (χ1v) is 5.85. The van der Waals surface area contributed by atoms with E-state index in [-0.39, 0.29) is 6.10 Å². The number of pyridine rings is 1. The third-order valence-corrected chi connectivity index (χ3v) is 3.23. The zero-order valence-corrected chi connectivity index (χ0v) is 9.39. The number of nitrogens with one attached hydrogen (secondary N) is 1. The molecule has 1 aliphatic heterocycles. The zero-order chi connectivity index (χ0) is 11.4. The van der Waals surface area contributed by atoms with Crippen molar-refractivity contribution in [1.82, 2.24) is 10.3 Å². The average molecular weight is 221 g/mol. The molecule has 1 saturated heterocycles. The van der Waals surface area contributed by atoms with Gasteiger partial charge in [-0.25, -0.2) is 4.98 Å². The van der Waals surface area contributed by atoms with Crippen molar-refractivity contribution in [3.8, 4) is 0 Å². The van der Waals surface area contributed by atoms with Gasteiger partial charge < -0.3 is 16.2 Å². The minimum atomic E-state index is -0.320. The fourth-order valence-corrected chi connectivity index (χ4v) is 2.22. The number of nitrogen functional groups attached to an aromatic ring is 1. The number of hydrogen-bond donors (Lipinski definition) is 3. The van der Waals surface area contributed by atoms with Crippen LogP contribution in [0.5, 0.6) is 0 Å². The Morgan fingerprint density at radius 1 is 1.62 bits per heavy atom. The largest absolute Gasteiger partial charge is 0.392 e. The molecular weight excluding hydrogens is 202 g/mol. The highest BCUT2D eigenvalue weighted by Gasteiger charge is 2.22. The van der Waals surface area contributed by atoms with Gasteiger partial charge in [0.25, 0.3) is 0 Å². The van der Waals surface area contributed by atoms with Crippen LogP contribution in [-0.4, -0.2) is 29.3 Å². The maximum Gasteiger partial charge on any atom is 0.126 e. The summed E-state index contributed by atoms with van der Waals surface area (Å²) in [4.78, 5) is 4.03. The Labute approximate surface area is 95.9 Å². The van der Waals surface area contributed by atoms with Crippen molar-refractivity contribution < 1.29 is 5.11 Å². The van der Waals surface area contributed by atoms with E-state index < -0.39 is 0 Å². The number of nitrogens with zero attached hydrogens (tertiary/aromatic N) is 1. The van der Waals surface area contributed by atoms with Gasteiger partial charge in [0.2, 0.25) is 0 Å². The number of nitrogens with two attached hydrogens (primary N) is 1. The van der Waals surface area contributed by atoms with Crippen LogP contribution in [0.15, 0.2) is 18.3 Å². The molecular formula is C12H19N3O. The second-order valence-electron chi connectivity index (χ2n) is 4.43. The Bertz CT molecular complexity index is 337. The van der Waals surface area contributed by atoms with Crippen LogP contribution in [0.2, 0.25) is 0 Å².